The molecule has 25 heavy (non-hydrogen) atoms. The van der Waals surface area contributed by atoms with E-state index in [2.05, 4.69) is 10.1 Å². The van der Waals surface area contributed by atoms with Crippen molar-refractivity contribution in [1.82, 2.24) is 10.1 Å². The van der Waals surface area contributed by atoms with Gasteiger partial charge in [-0.25, -0.2) is 0 Å². The van der Waals surface area contributed by atoms with Gasteiger partial charge in [-0.05, 0) is 74.2 Å². The van der Waals surface area contributed by atoms with E-state index in [0.29, 0.717) is 17.8 Å². The Morgan fingerprint density at radius 2 is 1.56 bits per heavy atom. The van der Waals surface area contributed by atoms with Crippen LogP contribution in [0.25, 0.3) is 22.8 Å². The molecule has 1 aliphatic rings. The third kappa shape index (κ3) is 3.82. The Hall–Kier alpha value is -2.82. The number of rotatable bonds is 4. The first-order chi connectivity index (χ1) is 11.8. The van der Waals surface area contributed by atoms with Crippen molar-refractivity contribution in [3.63, 3.8) is 0 Å². The summed E-state index contributed by atoms with van der Waals surface area (Å²) < 4.78 is 11.3. The maximum Gasteiger partial charge on any atom is 0.258 e. The summed E-state index contributed by atoms with van der Waals surface area (Å²) in [5.41, 5.74) is 1.65. The molecular weight excluding hydrogens is 316 g/mol. The molecule has 1 saturated carbocycles. The summed E-state index contributed by atoms with van der Waals surface area (Å²) in [6, 6.07) is 14.4. The van der Waals surface area contributed by atoms with Gasteiger partial charge in [-0.3, -0.25) is 0 Å². The minimum Gasteiger partial charge on any atom is -0.508 e. The minimum absolute atomic E-state index is 0. The van der Waals surface area contributed by atoms with Crippen molar-refractivity contribution in [2.45, 2.75) is 39.2 Å². The van der Waals surface area contributed by atoms with E-state index in [1.165, 1.54) is 12.8 Å². The lowest BCUT2D eigenvalue weighted by atomic mass is 10.2. The second-order valence-corrected chi connectivity index (χ2v) is 6.02. The topological polar surface area (TPSA) is 68.4 Å². The van der Waals surface area contributed by atoms with E-state index in [4.69, 9.17) is 9.26 Å². The number of benzene rings is 2. The Bertz CT molecular complexity index is 804. The van der Waals surface area contributed by atoms with Crippen LogP contribution in [0.5, 0.6) is 11.5 Å². The highest BCUT2D eigenvalue weighted by Crippen LogP contribution is 2.27. The molecule has 0 unspecified atom stereocenters. The predicted molar refractivity (Wildman–Crippen MR) is 96.4 cm³/mol. The standard InChI is InChI=1S/C19H18N2O3.CH4/c22-15-9-5-14(6-10-15)19-20-18(21-24-19)13-7-11-17(12-8-13)23-16-3-1-2-4-16;/h5-12,16,22H,1-4H2;1H4. The third-order valence-corrected chi connectivity index (χ3v) is 4.26. The highest BCUT2D eigenvalue weighted by atomic mass is 16.5. The maximum absolute atomic E-state index is 9.34. The van der Waals surface area contributed by atoms with Crippen molar-refractivity contribution in [3.8, 4) is 34.3 Å². The van der Waals surface area contributed by atoms with E-state index >= 15 is 0 Å². The molecule has 0 aliphatic heterocycles. The highest BCUT2D eigenvalue weighted by molar-refractivity contribution is 5.60. The quantitative estimate of drug-likeness (QED) is 0.719. The van der Waals surface area contributed by atoms with Gasteiger partial charge in [0.15, 0.2) is 0 Å². The summed E-state index contributed by atoms with van der Waals surface area (Å²) in [7, 11) is 0. The number of hydrogen-bond donors (Lipinski definition) is 1. The Kier molecular flexibility index (Phi) is 5.03. The normalized spacial score (nSPS) is 14.2. The van der Waals surface area contributed by atoms with Crippen LogP contribution in [-0.2, 0) is 0 Å². The van der Waals surface area contributed by atoms with Crippen molar-refractivity contribution in [1.29, 1.82) is 0 Å². The van der Waals surface area contributed by atoms with E-state index in [1.54, 1.807) is 24.3 Å². The molecule has 5 heteroatoms. The fourth-order valence-corrected chi connectivity index (χ4v) is 2.94. The van der Waals surface area contributed by atoms with Gasteiger partial charge < -0.3 is 14.4 Å². The first kappa shape index (κ1) is 17.0. The molecule has 0 saturated heterocycles. The smallest absolute Gasteiger partial charge is 0.258 e. The van der Waals surface area contributed by atoms with Crippen molar-refractivity contribution in [3.05, 3.63) is 48.5 Å². The van der Waals surface area contributed by atoms with Gasteiger partial charge in [0, 0.05) is 11.1 Å². The summed E-state index contributed by atoms with van der Waals surface area (Å²) >= 11 is 0. The molecule has 1 N–H and O–H groups in total. The first-order valence-corrected chi connectivity index (χ1v) is 8.18. The number of ether oxygens (including phenoxy) is 1. The van der Waals surface area contributed by atoms with Crippen LogP contribution in [-0.4, -0.2) is 21.4 Å². The molecule has 3 aromatic rings. The van der Waals surface area contributed by atoms with Crippen LogP contribution in [0.2, 0.25) is 0 Å². The van der Waals surface area contributed by atoms with Crippen LogP contribution in [0.4, 0.5) is 0 Å². The number of hydrogen-bond acceptors (Lipinski definition) is 5. The monoisotopic (exact) mass is 338 g/mol. The molecule has 4 rings (SSSR count). The number of phenolic OH excluding ortho intramolecular Hbond substituents is 1. The molecule has 0 spiro atoms. The zero-order valence-electron chi connectivity index (χ0n) is 13.2. The van der Waals surface area contributed by atoms with Crippen LogP contribution < -0.4 is 4.74 Å². The van der Waals surface area contributed by atoms with Crippen LogP contribution >= 0.6 is 0 Å². The van der Waals surface area contributed by atoms with Gasteiger partial charge in [-0.15, -0.1) is 0 Å². The maximum atomic E-state index is 9.34. The van der Waals surface area contributed by atoms with Crippen LogP contribution in [0.1, 0.15) is 33.1 Å². The van der Waals surface area contributed by atoms with Gasteiger partial charge in [-0.2, -0.15) is 4.98 Å². The Labute approximate surface area is 147 Å². The highest BCUT2D eigenvalue weighted by Gasteiger charge is 2.16. The molecule has 1 fully saturated rings. The summed E-state index contributed by atoms with van der Waals surface area (Å²) in [6.07, 6.45) is 5.14. The molecule has 5 nitrogen and oxygen atoms in total. The van der Waals surface area contributed by atoms with Crippen LogP contribution in [0.3, 0.4) is 0 Å². The molecule has 130 valence electrons. The molecule has 0 bridgehead atoms. The van der Waals surface area contributed by atoms with E-state index in [0.717, 1.165) is 29.7 Å². The lowest BCUT2D eigenvalue weighted by Gasteiger charge is -2.12. The van der Waals surface area contributed by atoms with Gasteiger partial charge in [-0.1, -0.05) is 12.6 Å². The van der Waals surface area contributed by atoms with Gasteiger partial charge >= 0.3 is 0 Å². The molecular formula is C20H22N2O3. The molecule has 1 aliphatic carbocycles. The van der Waals surface area contributed by atoms with Crippen LogP contribution in [0.15, 0.2) is 53.1 Å². The van der Waals surface area contributed by atoms with E-state index < -0.39 is 0 Å². The first-order valence-electron chi connectivity index (χ1n) is 8.18. The van der Waals surface area contributed by atoms with Crippen molar-refractivity contribution in [2.75, 3.05) is 0 Å². The number of aromatic hydroxyl groups is 1. The second kappa shape index (κ2) is 7.38. The zero-order chi connectivity index (χ0) is 16.4. The predicted octanol–water partition coefficient (Wildman–Crippen LogP) is 5.07. The molecule has 1 heterocycles. The summed E-state index contributed by atoms with van der Waals surface area (Å²) in [5.74, 6) is 2.05. The summed E-state index contributed by atoms with van der Waals surface area (Å²) in [5, 5.41) is 13.4. The number of aromatic nitrogens is 2. The largest absolute Gasteiger partial charge is 0.508 e. The zero-order valence-corrected chi connectivity index (χ0v) is 13.2. The average Bonchev–Trinajstić information content (AvgIpc) is 3.28. The van der Waals surface area contributed by atoms with Gasteiger partial charge in [0.05, 0.1) is 6.10 Å². The Morgan fingerprint density at radius 1 is 0.920 bits per heavy atom. The van der Waals surface area contributed by atoms with Crippen molar-refractivity contribution < 1.29 is 14.4 Å². The molecule has 0 amide bonds. The number of nitrogens with zero attached hydrogens (tertiary/aromatic N) is 2. The second-order valence-electron chi connectivity index (χ2n) is 6.02. The SMILES string of the molecule is C.Oc1ccc(-c2nc(-c3ccc(OC4CCCC4)cc3)no2)cc1. The lowest BCUT2D eigenvalue weighted by Crippen LogP contribution is -2.10. The summed E-state index contributed by atoms with van der Waals surface area (Å²) in [6.45, 7) is 0. The molecule has 0 radical (unpaired) electrons. The lowest BCUT2D eigenvalue weighted by molar-refractivity contribution is 0.210. The molecule has 1 aromatic heterocycles. The van der Waals surface area contributed by atoms with Gasteiger partial charge in [0.1, 0.15) is 11.5 Å². The summed E-state index contributed by atoms with van der Waals surface area (Å²) in [4.78, 5) is 4.41. The Morgan fingerprint density at radius 3 is 2.24 bits per heavy atom. The third-order valence-electron chi connectivity index (χ3n) is 4.26. The average molecular weight is 338 g/mol. The van der Waals surface area contributed by atoms with Gasteiger partial charge in [0.2, 0.25) is 5.82 Å². The van der Waals surface area contributed by atoms with Crippen molar-refractivity contribution >= 4 is 0 Å². The molecule has 2 aromatic carbocycles. The van der Waals surface area contributed by atoms with Crippen molar-refractivity contribution in [2.24, 2.45) is 0 Å². The Balaban J connectivity index is 0.00000182. The minimum atomic E-state index is 0. The van der Waals surface area contributed by atoms with Crippen LogP contribution in [0, 0.1) is 0 Å². The number of phenols is 1. The fourth-order valence-electron chi connectivity index (χ4n) is 2.94. The van der Waals surface area contributed by atoms with E-state index in [9.17, 15) is 5.11 Å². The van der Waals surface area contributed by atoms with Gasteiger partial charge in [0.25, 0.3) is 5.89 Å². The fraction of sp³-hybridized carbons (Fsp3) is 0.300. The molecule has 0 atom stereocenters. The van der Waals surface area contributed by atoms with E-state index in [-0.39, 0.29) is 13.2 Å². The van der Waals surface area contributed by atoms with E-state index in [1.807, 2.05) is 24.3 Å².